The monoisotopic (exact) mass is 712 g/mol. The van der Waals surface area contributed by atoms with Crippen LogP contribution in [0.1, 0.15) is 156 Å². The summed E-state index contributed by atoms with van der Waals surface area (Å²) in [5.41, 5.74) is 0. The van der Waals surface area contributed by atoms with Gasteiger partial charge in [0.15, 0.2) is 6.10 Å². The van der Waals surface area contributed by atoms with Crippen molar-refractivity contribution < 1.29 is 43.0 Å². The summed E-state index contributed by atoms with van der Waals surface area (Å²) < 4.78 is 26.2. The van der Waals surface area contributed by atoms with Crippen molar-refractivity contribution >= 4 is 19.8 Å². The van der Waals surface area contributed by atoms with E-state index in [-0.39, 0.29) is 25.6 Å². The molecule has 0 unspecified atom stereocenters. The normalized spacial score (nSPS) is 13.8. The molecule has 0 aromatic carbocycles. The molecular weight excluding hydrogens is 643 g/mol. The van der Waals surface area contributed by atoms with E-state index in [9.17, 15) is 19.3 Å². The molecule has 0 heterocycles. The Balaban J connectivity index is 4.13. The number of hydrogen-bond donors (Lipinski definition) is 3. The van der Waals surface area contributed by atoms with Gasteiger partial charge < -0.3 is 24.4 Å². The molecule has 284 valence electrons. The van der Waals surface area contributed by atoms with E-state index in [0.29, 0.717) is 19.3 Å². The van der Waals surface area contributed by atoms with Crippen LogP contribution in [0.4, 0.5) is 0 Å². The van der Waals surface area contributed by atoms with E-state index in [1.165, 1.54) is 44.9 Å². The maximum Gasteiger partial charge on any atom is 0.469 e. The van der Waals surface area contributed by atoms with E-state index < -0.39 is 32.5 Å². The number of hydrogen-bond acceptors (Lipinski definition) is 7. The van der Waals surface area contributed by atoms with Gasteiger partial charge in [0.05, 0.1) is 12.7 Å². The van der Waals surface area contributed by atoms with Crippen LogP contribution in [0.2, 0.25) is 0 Å². The minimum absolute atomic E-state index is 0.115. The minimum atomic E-state index is -4.78. The number of unbranched alkanes of at least 4 members (excludes halogenated alkanes) is 12. The van der Waals surface area contributed by atoms with Crippen LogP contribution in [0.3, 0.4) is 0 Å². The molecule has 10 heteroatoms. The van der Waals surface area contributed by atoms with Gasteiger partial charge in [-0.2, -0.15) is 0 Å². The lowest BCUT2D eigenvalue weighted by Gasteiger charge is -2.18. The predicted octanol–water partition coefficient (Wildman–Crippen LogP) is 10.0. The number of aliphatic hydroxyl groups is 1. The highest BCUT2D eigenvalue weighted by molar-refractivity contribution is 7.46. The lowest BCUT2D eigenvalue weighted by Crippen LogP contribution is -2.29. The van der Waals surface area contributed by atoms with E-state index in [2.05, 4.69) is 37.4 Å². The Labute approximate surface area is 297 Å². The van der Waals surface area contributed by atoms with Crippen molar-refractivity contribution in [3.05, 3.63) is 48.6 Å². The van der Waals surface area contributed by atoms with Gasteiger partial charge in [0.25, 0.3) is 0 Å². The number of esters is 2. The summed E-state index contributed by atoms with van der Waals surface area (Å²) in [6.45, 7) is 5.80. The number of phosphoric ester groups is 1. The molecule has 0 spiro atoms. The van der Waals surface area contributed by atoms with Gasteiger partial charge in [-0.15, -0.1) is 0 Å². The van der Waals surface area contributed by atoms with E-state index in [4.69, 9.17) is 19.3 Å². The maximum atomic E-state index is 12.3. The van der Waals surface area contributed by atoms with Gasteiger partial charge in [0.2, 0.25) is 0 Å². The summed E-state index contributed by atoms with van der Waals surface area (Å²) in [5, 5.41) is 9.86. The zero-order valence-corrected chi connectivity index (χ0v) is 31.7. The first-order chi connectivity index (χ1) is 23.5. The van der Waals surface area contributed by atoms with Gasteiger partial charge in [-0.25, -0.2) is 4.57 Å². The Morgan fingerprint density at radius 3 is 1.88 bits per heavy atom. The van der Waals surface area contributed by atoms with Crippen molar-refractivity contribution in [1.29, 1.82) is 0 Å². The molecule has 3 N–H and O–H groups in total. The number of aliphatic hydroxyl groups excluding tert-OH is 1. The van der Waals surface area contributed by atoms with Crippen LogP contribution in [-0.2, 0) is 28.2 Å². The summed E-state index contributed by atoms with van der Waals surface area (Å²) in [7, 11) is -4.78. The van der Waals surface area contributed by atoms with Gasteiger partial charge in [-0.1, -0.05) is 153 Å². The molecule has 0 fully saturated rings. The van der Waals surface area contributed by atoms with Crippen molar-refractivity contribution in [1.82, 2.24) is 0 Å². The van der Waals surface area contributed by atoms with Crippen LogP contribution >= 0.6 is 7.82 Å². The highest BCUT2D eigenvalue weighted by Crippen LogP contribution is 2.36. The number of rotatable bonds is 33. The number of carbonyl (C=O) groups is 2. The van der Waals surface area contributed by atoms with E-state index in [1.54, 1.807) is 0 Å². The first-order valence-electron chi connectivity index (χ1n) is 18.9. The zero-order chi connectivity index (χ0) is 36.4. The van der Waals surface area contributed by atoms with Crippen LogP contribution < -0.4 is 0 Å². The first kappa shape index (κ1) is 47.0. The summed E-state index contributed by atoms with van der Waals surface area (Å²) in [6, 6.07) is 0. The number of phosphoric acid groups is 1. The summed E-state index contributed by atoms with van der Waals surface area (Å²) in [6.07, 6.45) is 34.6. The minimum Gasteiger partial charge on any atom is -0.462 e. The van der Waals surface area contributed by atoms with Gasteiger partial charge in [0, 0.05) is 12.8 Å². The molecule has 0 aliphatic rings. The second-order valence-corrected chi connectivity index (χ2v) is 14.5. The molecule has 0 aromatic rings. The van der Waals surface area contributed by atoms with Crippen LogP contribution in [0.5, 0.6) is 0 Å². The summed E-state index contributed by atoms with van der Waals surface area (Å²) >= 11 is 0. The fourth-order valence-electron chi connectivity index (χ4n) is 5.01. The fourth-order valence-corrected chi connectivity index (χ4v) is 5.37. The van der Waals surface area contributed by atoms with E-state index in [0.717, 1.165) is 63.7 Å². The first-order valence-corrected chi connectivity index (χ1v) is 20.4. The third kappa shape index (κ3) is 37.1. The second-order valence-electron chi connectivity index (χ2n) is 13.2. The van der Waals surface area contributed by atoms with Gasteiger partial charge in [-0.05, 0) is 44.4 Å². The quantitative estimate of drug-likeness (QED) is 0.0199. The molecule has 0 aromatic heterocycles. The van der Waals surface area contributed by atoms with E-state index in [1.807, 2.05) is 36.5 Å². The van der Waals surface area contributed by atoms with Crippen molar-refractivity contribution in [3.8, 4) is 0 Å². The van der Waals surface area contributed by atoms with Crippen LogP contribution in [0.25, 0.3) is 0 Å². The van der Waals surface area contributed by atoms with Crippen LogP contribution in [0.15, 0.2) is 48.6 Å². The van der Waals surface area contributed by atoms with Gasteiger partial charge in [-0.3, -0.25) is 14.1 Å². The van der Waals surface area contributed by atoms with Crippen molar-refractivity contribution in [2.75, 3.05) is 13.2 Å². The topological polar surface area (TPSA) is 140 Å². The highest BCUT2D eigenvalue weighted by atomic mass is 31.2. The third-order valence-corrected chi connectivity index (χ3v) is 8.37. The number of carbonyl (C=O) groups excluding carboxylic acids is 2. The Bertz CT molecular complexity index is 968. The Kier molecular flexibility index (Phi) is 31.8. The largest absolute Gasteiger partial charge is 0.469 e. The lowest BCUT2D eigenvalue weighted by molar-refractivity contribution is -0.161. The third-order valence-electron chi connectivity index (χ3n) is 7.88. The van der Waals surface area contributed by atoms with Crippen molar-refractivity contribution in [3.63, 3.8) is 0 Å². The number of ether oxygens (including phenoxy) is 2. The molecule has 0 rings (SSSR count). The van der Waals surface area contributed by atoms with Gasteiger partial charge >= 0.3 is 19.8 Å². The van der Waals surface area contributed by atoms with Crippen molar-refractivity contribution in [2.45, 2.75) is 168 Å². The molecule has 0 aliphatic carbocycles. The molecular formula is C39H69O9P. The van der Waals surface area contributed by atoms with Gasteiger partial charge in [0.1, 0.15) is 6.61 Å². The van der Waals surface area contributed by atoms with E-state index >= 15 is 0 Å². The second kappa shape index (κ2) is 33.1. The molecule has 0 saturated heterocycles. The smallest absolute Gasteiger partial charge is 0.462 e. The molecule has 0 bridgehead atoms. The lowest BCUT2D eigenvalue weighted by atomic mass is 10.0. The molecule has 49 heavy (non-hydrogen) atoms. The number of allylic oxidation sites excluding steroid dienone is 7. The molecule has 9 nitrogen and oxygen atoms in total. The summed E-state index contributed by atoms with van der Waals surface area (Å²) in [4.78, 5) is 42.7. The molecule has 0 saturated carbocycles. The Morgan fingerprint density at radius 1 is 0.673 bits per heavy atom. The van der Waals surface area contributed by atoms with Crippen LogP contribution in [-0.4, -0.2) is 52.3 Å². The fraction of sp³-hybridized carbons (Fsp3) is 0.744. The molecule has 2 atom stereocenters. The summed E-state index contributed by atoms with van der Waals surface area (Å²) in [5.74, 6) is -0.187. The predicted molar refractivity (Wildman–Crippen MR) is 199 cm³/mol. The Morgan fingerprint density at radius 2 is 1.24 bits per heavy atom. The highest BCUT2D eigenvalue weighted by Gasteiger charge is 2.22. The molecule has 0 amide bonds. The molecule has 0 aliphatic heterocycles. The molecule has 0 radical (unpaired) electrons. The Hall–Kier alpha value is -2.03. The average molecular weight is 713 g/mol. The van der Waals surface area contributed by atoms with Crippen LogP contribution in [0, 0.1) is 5.92 Å². The maximum absolute atomic E-state index is 12.3. The SMILES string of the molecule is CCCCC[C@H](O)/C=C/C=C\C/C=C\C/C=C\CCCC(=O)O[C@H](COC(=O)CCCCCCCCCCCCC(C)C)COP(=O)(O)O. The standard InChI is InChI=1S/C39H69O9P/c1-4-5-23-29-36(40)30-25-20-16-12-7-6-8-14-18-22-27-32-39(42)48-37(34-47-49(43,44)45)33-46-38(41)31-26-21-17-13-10-9-11-15-19-24-28-35(2)3/h6-7,14,16,18,20,25,30,35-37,40H,4-5,8-13,15,17,19,21-24,26-29,31-34H2,1-3H3,(H2,43,44,45)/b7-6-,18-14-,20-16-,30-25+/t36-,37+/m0/s1. The average Bonchev–Trinajstić information content (AvgIpc) is 3.04. The van der Waals surface area contributed by atoms with Crippen molar-refractivity contribution in [2.24, 2.45) is 5.92 Å². The zero-order valence-electron chi connectivity index (χ0n) is 30.9.